The number of thioether (sulfide) groups is 1. The molecule has 21 heavy (non-hydrogen) atoms. The van der Waals surface area contributed by atoms with Gasteiger partial charge in [-0.25, -0.2) is 0 Å². The van der Waals surface area contributed by atoms with Gasteiger partial charge in [-0.1, -0.05) is 25.1 Å². The van der Waals surface area contributed by atoms with Crippen molar-refractivity contribution in [1.29, 1.82) is 0 Å². The fourth-order valence-corrected chi connectivity index (χ4v) is 3.11. The minimum Gasteiger partial charge on any atom is -0.379 e. The Morgan fingerprint density at radius 3 is 2.86 bits per heavy atom. The summed E-state index contributed by atoms with van der Waals surface area (Å²) in [4.78, 5) is 14.4. The van der Waals surface area contributed by atoms with Crippen molar-refractivity contribution in [2.75, 3.05) is 49.7 Å². The Bertz CT molecular complexity index is 448. The van der Waals surface area contributed by atoms with E-state index < -0.39 is 0 Å². The summed E-state index contributed by atoms with van der Waals surface area (Å²) >= 11 is 1.69. The first-order valence-corrected chi connectivity index (χ1v) is 8.70. The van der Waals surface area contributed by atoms with Crippen LogP contribution in [-0.4, -0.2) is 55.2 Å². The fourth-order valence-electron chi connectivity index (χ4n) is 2.32. The molecule has 0 bridgehead atoms. The van der Waals surface area contributed by atoms with Crippen LogP contribution in [0.1, 0.15) is 12.5 Å². The maximum absolute atomic E-state index is 12.0. The first-order chi connectivity index (χ1) is 10.3. The second kappa shape index (κ2) is 9.07. The predicted molar refractivity (Wildman–Crippen MR) is 89.0 cm³/mol. The number of carbonyl (C=O) groups excluding carboxylic acids is 1. The first kappa shape index (κ1) is 16.3. The number of hydrogen-bond acceptors (Lipinski definition) is 4. The summed E-state index contributed by atoms with van der Waals surface area (Å²) in [7, 11) is 0. The lowest BCUT2D eigenvalue weighted by Gasteiger charge is -2.26. The van der Waals surface area contributed by atoms with E-state index in [0.717, 1.165) is 50.7 Å². The molecule has 1 aromatic rings. The van der Waals surface area contributed by atoms with Crippen LogP contribution in [0, 0.1) is 0 Å². The van der Waals surface area contributed by atoms with Crippen molar-refractivity contribution in [3.8, 4) is 0 Å². The molecule has 0 spiro atoms. The summed E-state index contributed by atoms with van der Waals surface area (Å²) in [6.07, 6.45) is 0.931. The zero-order valence-corrected chi connectivity index (χ0v) is 13.5. The molecule has 1 heterocycles. The number of morpholine rings is 1. The second-order valence-electron chi connectivity index (χ2n) is 5.07. The van der Waals surface area contributed by atoms with Crippen molar-refractivity contribution in [3.05, 3.63) is 29.8 Å². The van der Waals surface area contributed by atoms with Crippen molar-refractivity contribution < 1.29 is 9.53 Å². The molecule has 2 rings (SSSR count). The molecule has 1 aliphatic heterocycles. The first-order valence-electron chi connectivity index (χ1n) is 7.55. The Labute approximate surface area is 131 Å². The van der Waals surface area contributed by atoms with Crippen LogP contribution < -0.4 is 5.32 Å². The number of carbonyl (C=O) groups is 1. The Kier molecular flexibility index (Phi) is 7.06. The largest absolute Gasteiger partial charge is 0.379 e. The molecular formula is C16H24N2O2S. The standard InChI is InChI=1S/C16H24N2O2S/c1-2-14-5-3-4-6-15(14)17-16(19)13-21-12-9-18-7-10-20-11-8-18/h3-6H,2,7-13H2,1H3,(H,17,19). The lowest BCUT2D eigenvalue weighted by Crippen LogP contribution is -2.37. The Morgan fingerprint density at radius 1 is 1.33 bits per heavy atom. The monoisotopic (exact) mass is 308 g/mol. The van der Waals surface area contributed by atoms with Crippen molar-refractivity contribution in [3.63, 3.8) is 0 Å². The van der Waals surface area contributed by atoms with Gasteiger partial charge in [-0.15, -0.1) is 0 Å². The molecule has 1 N–H and O–H groups in total. The Morgan fingerprint density at radius 2 is 2.10 bits per heavy atom. The highest BCUT2D eigenvalue weighted by Crippen LogP contribution is 2.15. The Hall–Kier alpha value is -1.04. The maximum atomic E-state index is 12.0. The second-order valence-corrected chi connectivity index (χ2v) is 6.17. The van der Waals surface area contributed by atoms with E-state index in [9.17, 15) is 4.79 Å². The van der Waals surface area contributed by atoms with Crippen LogP contribution in [0.3, 0.4) is 0 Å². The fraction of sp³-hybridized carbons (Fsp3) is 0.562. The van der Waals surface area contributed by atoms with E-state index in [1.807, 2.05) is 18.2 Å². The number of aryl methyl sites for hydroxylation is 1. The molecule has 1 amide bonds. The molecular weight excluding hydrogens is 284 g/mol. The van der Waals surface area contributed by atoms with Gasteiger partial charge in [0.25, 0.3) is 0 Å². The third-order valence-electron chi connectivity index (χ3n) is 3.56. The van der Waals surface area contributed by atoms with Gasteiger partial charge in [0.15, 0.2) is 0 Å². The van der Waals surface area contributed by atoms with Gasteiger partial charge in [0.1, 0.15) is 0 Å². The summed E-state index contributed by atoms with van der Waals surface area (Å²) in [6.45, 7) is 6.82. The lowest BCUT2D eigenvalue weighted by molar-refractivity contribution is -0.113. The van der Waals surface area contributed by atoms with E-state index >= 15 is 0 Å². The van der Waals surface area contributed by atoms with Crippen LogP contribution >= 0.6 is 11.8 Å². The zero-order chi connectivity index (χ0) is 14.9. The van der Waals surface area contributed by atoms with E-state index in [1.165, 1.54) is 5.56 Å². The number of benzene rings is 1. The molecule has 1 aromatic carbocycles. The molecule has 0 unspecified atom stereocenters. The minimum absolute atomic E-state index is 0.0860. The van der Waals surface area contributed by atoms with Crippen LogP contribution in [0.2, 0.25) is 0 Å². The van der Waals surface area contributed by atoms with Crippen molar-refractivity contribution in [2.24, 2.45) is 0 Å². The number of ether oxygens (including phenoxy) is 1. The topological polar surface area (TPSA) is 41.6 Å². The zero-order valence-electron chi connectivity index (χ0n) is 12.6. The molecule has 0 aromatic heterocycles. The summed E-state index contributed by atoms with van der Waals surface area (Å²) in [5, 5.41) is 3.01. The highest BCUT2D eigenvalue weighted by molar-refractivity contribution is 7.99. The van der Waals surface area contributed by atoms with Crippen molar-refractivity contribution in [2.45, 2.75) is 13.3 Å². The molecule has 4 nitrogen and oxygen atoms in total. The lowest BCUT2D eigenvalue weighted by atomic mass is 10.1. The van der Waals surface area contributed by atoms with Crippen LogP contribution in [-0.2, 0) is 16.0 Å². The number of amides is 1. The number of hydrogen-bond donors (Lipinski definition) is 1. The Balaban J connectivity index is 1.65. The average Bonchev–Trinajstić information content (AvgIpc) is 2.53. The summed E-state index contributed by atoms with van der Waals surface area (Å²) < 4.78 is 5.32. The third kappa shape index (κ3) is 5.69. The average molecular weight is 308 g/mol. The van der Waals surface area contributed by atoms with Gasteiger partial charge in [-0.3, -0.25) is 9.69 Å². The third-order valence-corrected chi connectivity index (χ3v) is 4.50. The molecule has 0 radical (unpaired) electrons. The van der Waals surface area contributed by atoms with E-state index in [2.05, 4.69) is 23.2 Å². The molecule has 0 atom stereocenters. The number of rotatable bonds is 7. The predicted octanol–water partition coefficient (Wildman–Crippen LogP) is 2.25. The van der Waals surface area contributed by atoms with Gasteiger partial charge in [0, 0.05) is 31.1 Å². The van der Waals surface area contributed by atoms with Crippen LogP contribution in [0.4, 0.5) is 5.69 Å². The van der Waals surface area contributed by atoms with E-state index in [1.54, 1.807) is 11.8 Å². The molecule has 5 heteroatoms. The summed E-state index contributed by atoms with van der Waals surface area (Å²) in [5.41, 5.74) is 2.13. The van der Waals surface area contributed by atoms with Gasteiger partial charge in [-0.2, -0.15) is 11.8 Å². The molecule has 0 aliphatic carbocycles. The summed E-state index contributed by atoms with van der Waals surface area (Å²) in [5.74, 6) is 1.59. The maximum Gasteiger partial charge on any atom is 0.234 e. The van der Waals surface area contributed by atoms with Crippen molar-refractivity contribution in [1.82, 2.24) is 4.90 Å². The van der Waals surface area contributed by atoms with Gasteiger partial charge in [0.2, 0.25) is 5.91 Å². The van der Waals surface area contributed by atoms with Gasteiger partial charge >= 0.3 is 0 Å². The van der Waals surface area contributed by atoms with Crippen LogP contribution in [0.5, 0.6) is 0 Å². The smallest absolute Gasteiger partial charge is 0.234 e. The highest BCUT2D eigenvalue weighted by atomic mass is 32.2. The van der Waals surface area contributed by atoms with Crippen molar-refractivity contribution >= 4 is 23.4 Å². The number of nitrogens with zero attached hydrogens (tertiary/aromatic N) is 1. The van der Waals surface area contributed by atoms with Gasteiger partial charge in [-0.05, 0) is 18.1 Å². The number of anilines is 1. The van der Waals surface area contributed by atoms with Gasteiger partial charge < -0.3 is 10.1 Å². The molecule has 116 valence electrons. The van der Waals surface area contributed by atoms with E-state index in [4.69, 9.17) is 4.74 Å². The van der Waals surface area contributed by atoms with Crippen LogP contribution in [0.15, 0.2) is 24.3 Å². The summed E-state index contributed by atoms with van der Waals surface area (Å²) in [6, 6.07) is 7.99. The quantitative estimate of drug-likeness (QED) is 0.785. The molecule has 1 aliphatic rings. The minimum atomic E-state index is 0.0860. The van der Waals surface area contributed by atoms with E-state index in [-0.39, 0.29) is 5.91 Å². The SMILES string of the molecule is CCc1ccccc1NC(=O)CSCCN1CCOCC1. The molecule has 1 saturated heterocycles. The van der Waals surface area contributed by atoms with Gasteiger partial charge in [0.05, 0.1) is 19.0 Å². The number of para-hydroxylation sites is 1. The number of nitrogens with one attached hydrogen (secondary N) is 1. The molecule has 0 saturated carbocycles. The normalized spacial score (nSPS) is 15.9. The highest BCUT2D eigenvalue weighted by Gasteiger charge is 2.10. The molecule has 1 fully saturated rings. The van der Waals surface area contributed by atoms with E-state index in [0.29, 0.717) is 5.75 Å². The van der Waals surface area contributed by atoms with Crippen LogP contribution in [0.25, 0.3) is 0 Å².